The maximum absolute atomic E-state index is 5.83. The van der Waals surface area contributed by atoms with Crippen LogP contribution < -0.4 is 5.73 Å². The zero-order chi connectivity index (χ0) is 12.2. The van der Waals surface area contributed by atoms with E-state index in [2.05, 4.69) is 25.8 Å². The van der Waals surface area contributed by atoms with Gasteiger partial charge < -0.3 is 5.73 Å². The van der Waals surface area contributed by atoms with Crippen molar-refractivity contribution in [1.82, 2.24) is 0 Å². The van der Waals surface area contributed by atoms with E-state index in [1.165, 1.54) is 44.9 Å². The highest BCUT2D eigenvalue weighted by atomic mass is 14.8. The molecule has 16 heavy (non-hydrogen) atoms. The molecule has 0 aliphatic carbocycles. The molecule has 0 bridgehead atoms. The number of amidine groups is 1. The highest BCUT2D eigenvalue weighted by Crippen LogP contribution is 2.08. The average Bonchev–Trinajstić information content (AvgIpc) is 2.25. The summed E-state index contributed by atoms with van der Waals surface area (Å²) in [4.78, 5) is 4.37. The summed E-state index contributed by atoms with van der Waals surface area (Å²) in [7, 11) is 0. The Morgan fingerprint density at radius 3 is 2.12 bits per heavy atom. The van der Waals surface area contributed by atoms with Gasteiger partial charge in [-0.1, -0.05) is 59.3 Å². The van der Waals surface area contributed by atoms with Crippen molar-refractivity contribution in [3.63, 3.8) is 0 Å². The Morgan fingerprint density at radius 1 is 1.00 bits per heavy atom. The van der Waals surface area contributed by atoms with Crippen LogP contribution in [0.4, 0.5) is 0 Å². The van der Waals surface area contributed by atoms with Crippen LogP contribution in [0.2, 0.25) is 0 Å². The minimum absolute atomic E-state index is 0.618. The molecule has 0 saturated carbocycles. The molecule has 0 atom stereocenters. The molecule has 0 radical (unpaired) electrons. The lowest BCUT2D eigenvalue weighted by Crippen LogP contribution is -2.13. The van der Waals surface area contributed by atoms with Crippen LogP contribution in [-0.2, 0) is 0 Å². The lowest BCUT2D eigenvalue weighted by molar-refractivity contribution is 0.594. The highest BCUT2D eigenvalue weighted by Gasteiger charge is 1.96. The van der Waals surface area contributed by atoms with E-state index in [0.29, 0.717) is 5.92 Å². The quantitative estimate of drug-likeness (QED) is 0.339. The molecule has 0 fully saturated rings. The zero-order valence-corrected chi connectivity index (χ0v) is 11.5. The number of nitrogens with zero attached hydrogens (tertiary/aromatic N) is 1. The van der Waals surface area contributed by atoms with Crippen molar-refractivity contribution in [2.75, 3.05) is 6.54 Å². The predicted molar refractivity (Wildman–Crippen MR) is 73.9 cm³/mol. The Kier molecular flexibility index (Phi) is 10.6. The van der Waals surface area contributed by atoms with Gasteiger partial charge in [0.25, 0.3) is 0 Å². The molecule has 0 aromatic carbocycles. The number of hydrogen-bond acceptors (Lipinski definition) is 1. The number of nitrogens with two attached hydrogens (primary N) is 1. The Bertz CT molecular complexity index is 174. The van der Waals surface area contributed by atoms with Gasteiger partial charge in [-0.3, -0.25) is 4.99 Å². The largest absolute Gasteiger partial charge is 0.387 e. The van der Waals surface area contributed by atoms with Gasteiger partial charge in [0.15, 0.2) is 0 Å². The molecule has 0 rings (SSSR count). The third-order valence-corrected chi connectivity index (χ3v) is 2.70. The molecule has 0 aromatic heterocycles. The van der Waals surface area contributed by atoms with E-state index in [1.54, 1.807) is 0 Å². The van der Waals surface area contributed by atoms with Crippen molar-refractivity contribution in [1.29, 1.82) is 0 Å². The molecule has 2 heteroatoms. The number of rotatable bonds is 10. The average molecular weight is 226 g/mol. The summed E-state index contributed by atoms with van der Waals surface area (Å²) in [6.45, 7) is 7.48. The minimum Gasteiger partial charge on any atom is -0.387 e. The van der Waals surface area contributed by atoms with E-state index in [4.69, 9.17) is 5.73 Å². The molecule has 2 nitrogen and oxygen atoms in total. The summed E-state index contributed by atoms with van der Waals surface area (Å²) < 4.78 is 0. The van der Waals surface area contributed by atoms with Crippen molar-refractivity contribution in [3.05, 3.63) is 0 Å². The first-order valence-electron chi connectivity index (χ1n) is 6.95. The van der Waals surface area contributed by atoms with E-state index in [1.807, 2.05) is 0 Å². The van der Waals surface area contributed by atoms with Gasteiger partial charge in [-0.05, 0) is 12.3 Å². The summed E-state index contributed by atoms with van der Waals surface area (Å²) in [6, 6.07) is 0. The Hall–Kier alpha value is -0.530. The second-order valence-corrected chi connectivity index (χ2v) is 5.10. The number of unbranched alkanes of at least 4 members (excludes halogenated alkanes) is 6. The summed E-state index contributed by atoms with van der Waals surface area (Å²) in [5.41, 5.74) is 5.83. The van der Waals surface area contributed by atoms with E-state index in [0.717, 1.165) is 18.8 Å². The molecular weight excluding hydrogens is 196 g/mol. The third kappa shape index (κ3) is 11.5. The van der Waals surface area contributed by atoms with E-state index >= 15 is 0 Å². The van der Waals surface area contributed by atoms with Crippen molar-refractivity contribution < 1.29 is 0 Å². The lowest BCUT2D eigenvalue weighted by atomic mass is 10.1. The molecule has 0 aromatic rings. The molecule has 0 aliphatic heterocycles. The van der Waals surface area contributed by atoms with Gasteiger partial charge >= 0.3 is 0 Å². The van der Waals surface area contributed by atoms with E-state index in [-0.39, 0.29) is 0 Å². The van der Waals surface area contributed by atoms with Gasteiger partial charge in [-0.25, -0.2) is 0 Å². The van der Waals surface area contributed by atoms with Gasteiger partial charge in [-0.15, -0.1) is 0 Å². The van der Waals surface area contributed by atoms with Crippen LogP contribution >= 0.6 is 0 Å². The molecular formula is C14H30N2. The highest BCUT2D eigenvalue weighted by molar-refractivity contribution is 5.80. The SMILES string of the molecule is CCCCCCCCCC(N)=NCC(C)C. The van der Waals surface area contributed by atoms with Crippen molar-refractivity contribution in [2.45, 2.75) is 72.1 Å². The molecule has 0 heterocycles. The van der Waals surface area contributed by atoms with Crippen LogP contribution in [-0.4, -0.2) is 12.4 Å². The van der Waals surface area contributed by atoms with Gasteiger partial charge in [0.1, 0.15) is 0 Å². The van der Waals surface area contributed by atoms with Crippen LogP contribution in [0.25, 0.3) is 0 Å². The first kappa shape index (κ1) is 15.5. The van der Waals surface area contributed by atoms with Gasteiger partial charge in [0.2, 0.25) is 0 Å². The molecule has 0 spiro atoms. The Balaban J connectivity index is 3.27. The van der Waals surface area contributed by atoms with E-state index in [9.17, 15) is 0 Å². The van der Waals surface area contributed by atoms with Gasteiger partial charge in [-0.2, -0.15) is 0 Å². The molecule has 0 amide bonds. The summed E-state index contributed by atoms with van der Waals surface area (Å²) in [6.07, 6.45) is 10.4. The van der Waals surface area contributed by atoms with Crippen molar-refractivity contribution >= 4 is 5.84 Å². The van der Waals surface area contributed by atoms with Gasteiger partial charge in [0.05, 0.1) is 5.84 Å². The monoisotopic (exact) mass is 226 g/mol. The maximum atomic E-state index is 5.83. The molecule has 96 valence electrons. The fourth-order valence-electron chi connectivity index (χ4n) is 1.64. The molecule has 2 N–H and O–H groups in total. The molecule has 0 aliphatic rings. The summed E-state index contributed by atoms with van der Waals surface area (Å²) in [5.74, 6) is 1.47. The normalized spacial score (nSPS) is 12.4. The predicted octanol–water partition coefficient (Wildman–Crippen LogP) is 4.14. The van der Waals surface area contributed by atoms with Gasteiger partial charge in [0, 0.05) is 13.0 Å². The third-order valence-electron chi connectivity index (χ3n) is 2.70. The van der Waals surface area contributed by atoms with Crippen LogP contribution in [0.3, 0.4) is 0 Å². The second-order valence-electron chi connectivity index (χ2n) is 5.10. The standard InChI is InChI=1S/C14H30N2/c1-4-5-6-7-8-9-10-11-14(15)16-12-13(2)3/h13H,4-12H2,1-3H3,(H2,15,16). The fraction of sp³-hybridized carbons (Fsp3) is 0.929. The van der Waals surface area contributed by atoms with Crippen LogP contribution in [0.15, 0.2) is 4.99 Å². The Labute approximate surface area is 102 Å². The first-order chi connectivity index (χ1) is 7.66. The topological polar surface area (TPSA) is 38.4 Å². The van der Waals surface area contributed by atoms with Crippen LogP contribution in [0, 0.1) is 5.92 Å². The smallest absolute Gasteiger partial charge is 0.0937 e. The van der Waals surface area contributed by atoms with Crippen molar-refractivity contribution in [2.24, 2.45) is 16.6 Å². The van der Waals surface area contributed by atoms with Crippen LogP contribution in [0.1, 0.15) is 72.1 Å². The first-order valence-corrected chi connectivity index (χ1v) is 6.95. The van der Waals surface area contributed by atoms with Crippen molar-refractivity contribution in [3.8, 4) is 0 Å². The minimum atomic E-state index is 0.618. The molecule has 0 unspecified atom stereocenters. The Morgan fingerprint density at radius 2 is 1.56 bits per heavy atom. The summed E-state index contributed by atoms with van der Waals surface area (Å²) >= 11 is 0. The summed E-state index contributed by atoms with van der Waals surface area (Å²) in [5, 5.41) is 0. The maximum Gasteiger partial charge on any atom is 0.0937 e. The molecule has 0 saturated heterocycles. The van der Waals surface area contributed by atoms with Crippen LogP contribution in [0.5, 0.6) is 0 Å². The number of aliphatic imine (C=N–C) groups is 1. The second kappa shape index (κ2) is 11.0. The fourth-order valence-corrected chi connectivity index (χ4v) is 1.64. The number of hydrogen-bond donors (Lipinski definition) is 1. The zero-order valence-electron chi connectivity index (χ0n) is 11.5. The van der Waals surface area contributed by atoms with E-state index < -0.39 is 0 Å². The lowest BCUT2D eigenvalue weighted by Gasteiger charge is -2.03.